The fourth-order valence-corrected chi connectivity index (χ4v) is 3.02. The van der Waals surface area contributed by atoms with Crippen LogP contribution in [0.2, 0.25) is 0 Å². The smallest absolute Gasteiger partial charge is 0.147 e. The van der Waals surface area contributed by atoms with Gasteiger partial charge in [0.15, 0.2) is 0 Å². The summed E-state index contributed by atoms with van der Waals surface area (Å²) in [5, 5.41) is 0. The zero-order valence-corrected chi connectivity index (χ0v) is 13.6. The Bertz CT molecular complexity index is 707. The van der Waals surface area contributed by atoms with Crippen molar-refractivity contribution in [3.8, 4) is 16.9 Å². The number of anilines is 1. The van der Waals surface area contributed by atoms with Crippen LogP contribution >= 0.6 is 0 Å². The van der Waals surface area contributed by atoms with Crippen molar-refractivity contribution in [2.24, 2.45) is 0 Å². The van der Waals surface area contributed by atoms with Gasteiger partial charge in [-0.25, -0.2) is 14.4 Å². The van der Waals surface area contributed by atoms with Gasteiger partial charge in [-0.05, 0) is 43.5 Å². The van der Waals surface area contributed by atoms with Gasteiger partial charge in [0.05, 0.1) is 12.2 Å². The Hall–Kier alpha value is -2.21. The molecule has 0 bridgehead atoms. The fourth-order valence-electron chi connectivity index (χ4n) is 3.02. The molecule has 0 saturated carbocycles. The zero-order valence-electron chi connectivity index (χ0n) is 13.6. The molecule has 2 heterocycles. The van der Waals surface area contributed by atoms with Crippen LogP contribution in [0.25, 0.3) is 11.1 Å². The van der Waals surface area contributed by atoms with E-state index in [1.165, 1.54) is 0 Å². The molecule has 1 aromatic heterocycles. The van der Waals surface area contributed by atoms with Gasteiger partial charge in [0.2, 0.25) is 0 Å². The number of alkyl halides is 1. The van der Waals surface area contributed by atoms with Gasteiger partial charge in [0, 0.05) is 19.2 Å². The summed E-state index contributed by atoms with van der Waals surface area (Å²) in [7, 11) is 1.72. The lowest BCUT2D eigenvalue weighted by Crippen LogP contribution is -2.22. The molecule has 0 radical (unpaired) electrons. The molecule has 1 saturated heterocycles. The third-order valence-electron chi connectivity index (χ3n) is 4.13. The summed E-state index contributed by atoms with van der Waals surface area (Å²) in [6.07, 6.45) is 1.31. The first-order chi connectivity index (χ1) is 11.1. The summed E-state index contributed by atoms with van der Waals surface area (Å²) >= 11 is 0. The molecule has 1 fully saturated rings. The summed E-state index contributed by atoms with van der Waals surface area (Å²) in [6, 6.07) is 5.86. The van der Waals surface area contributed by atoms with E-state index in [0.29, 0.717) is 19.5 Å². The number of rotatable bonds is 4. The third-order valence-corrected chi connectivity index (χ3v) is 4.13. The topological polar surface area (TPSA) is 50.3 Å². The first kappa shape index (κ1) is 15.7. The lowest BCUT2D eigenvalue weighted by Gasteiger charge is -2.22. The van der Waals surface area contributed by atoms with Crippen LogP contribution in [0, 0.1) is 13.8 Å². The first-order valence-corrected chi connectivity index (χ1v) is 7.75. The van der Waals surface area contributed by atoms with Crippen molar-refractivity contribution in [2.75, 3.05) is 25.0 Å². The molecule has 0 aliphatic carbocycles. The minimum Gasteiger partial charge on any atom is -0.409 e. The molecule has 1 unspecified atom stereocenters. The lowest BCUT2D eigenvalue weighted by atomic mass is 9.99. The predicted molar refractivity (Wildman–Crippen MR) is 88.4 cm³/mol. The molecular weight excluding hydrogens is 295 g/mol. The van der Waals surface area contributed by atoms with Gasteiger partial charge in [-0.15, -0.1) is 0 Å². The number of benzene rings is 1. The zero-order chi connectivity index (χ0) is 16.4. The second-order valence-electron chi connectivity index (χ2n) is 5.77. The molecule has 2 aromatic rings. The summed E-state index contributed by atoms with van der Waals surface area (Å²) in [4.78, 5) is 16.1. The number of hydrogen-bond acceptors (Lipinski definition) is 5. The maximum atomic E-state index is 13.6. The van der Waals surface area contributed by atoms with Crippen LogP contribution in [0.15, 0.2) is 24.5 Å². The van der Waals surface area contributed by atoms with E-state index in [-0.39, 0.29) is 0 Å². The van der Waals surface area contributed by atoms with Crippen molar-refractivity contribution in [1.82, 2.24) is 15.4 Å². The highest BCUT2D eigenvalue weighted by molar-refractivity contribution is 5.80. The minimum absolute atomic E-state index is 0.392. The van der Waals surface area contributed by atoms with E-state index < -0.39 is 6.17 Å². The number of nitrogens with one attached hydrogen (secondary N) is 1. The second kappa shape index (κ2) is 6.50. The lowest BCUT2D eigenvalue weighted by molar-refractivity contribution is 0.224. The minimum atomic E-state index is -0.786. The van der Waals surface area contributed by atoms with Gasteiger partial charge in [-0.3, -0.25) is 0 Å². The quantitative estimate of drug-likeness (QED) is 0.879. The van der Waals surface area contributed by atoms with Crippen molar-refractivity contribution in [1.29, 1.82) is 0 Å². The summed E-state index contributed by atoms with van der Waals surface area (Å²) in [6.45, 7) is 5.06. The second-order valence-corrected chi connectivity index (χ2v) is 5.77. The van der Waals surface area contributed by atoms with Crippen molar-refractivity contribution in [3.05, 3.63) is 35.8 Å². The Labute approximate surface area is 135 Å². The van der Waals surface area contributed by atoms with Crippen molar-refractivity contribution in [2.45, 2.75) is 26.4 Å². The van der Waals surface area contributed by atoms with E-state index in [1.54, 1.807) is 13.4 Å². The number of halogens is 1. The summed E-state index contributed by atoms with van der Waals surface area (Å²) in [5.74, 6) is 1.55. The molecular formula is C17H21FN4O. The van der Waals surface area contributed by atoms with E-state index in [4.69, 9.17) is 4.84 Å². The Balaban J connectivity index is 2.05. The number of aromatic nitrogens is 2. The van der Waals surface area contributed by atoms with Crippen LogP contribution in [0.5, 0.6) is 5.75 Å². The van der Waals surface area contributed by atoms with E-state index in [1.807, 2.05) is 36.9 Å². The Kier molecular flexibility index (Phi) is 4.43. The van der Waals surface area contributed by atoms with Gasteiger partial charge in [-0.2, -0.15) is 5.48 Å². The molecule has 1 N–H and O–H groups in total. The van der Waals surface area contributed by atoms with E-state index in [9.17, 15) is 4.39 Å². The van der Waals surface area contributed by atoms with Crippen LogP contribution in [-0.4, -0.2) is 36.3 Å². The van der Waals surface area contributed by atoms with Crippen LogP contribution in [0.1, 0.15) is 17.7 Å². The molecule has 6 heteroatoms. The first-order valence-electron chi connectivity index (χ1n) is 7.75. The van der Waals surface area contributed by atoms with Crippen molar-refractivity contribution >= 4 is 5.82 Å². The SMILES string of the molecule is CNOc1ccc(-c2c(C)ncnc2N2CCC(F)C2)c(C)c1. The van der Waals surface area contributed by atoms with Crippen LogP contribution < -0.4 is 15.2 Å². The number of nitrogens with zero attached hydrogens (tertiary/aromatic N) is 3. The Morgan fingerprint density at radius 1 is 1.30 bits per heavy atom. The van der Waals surface area contributed by atoms with Crippen molar-refractivity contribution < 1.29 is 9.23 Å². The van der Waals surface area contributed by atoms with Gasteiger partial charge in [0.25, 0.3) is 0 Å². The molecule has 1 atom stereocenters. The summed E-state index contributed by atoms with van der Waals surface area (Å²) in [5.41, 5.74) is 6.64. The van der Waals surface area contributed by atoms with E-state index >= 15 is 0 Å². The Morgan fingerprint density at radius 2 is 2.13 bits per heavy atom. The molecule has 122 valence electrons. The highest BCUT2D eigenvalue weighted by Gasteiger charge is 2.26. The highest BCUT2D eigenvalue weighted by Crippen LogP contribution is 2.36. The average Bonchev–Trinajstić information content (AvgIpc) is 2.95. The van der Waals surface area contributed by atoms with Crippen LogP contribution in [-0.2, 0) is 0 Å². The number of hydroxylamine groups is 1. The molecule has 23 heavy (non-hydrogen) atoms. The van der Waals surface area contributed by atoms with Gasteiger partial charge >= 0.3 is 0 Å². The summed E-state index contributed by atoms with van der Waals surface area (Å²) < 4.78 is 13.6. The van der Waals surface area contributed by atoms with Gasteiger partial charge in [0.1, 0.15) is 24.1 Å². The van der Waals surface area contributed by atoms with Crippen LogP contribution in [0.4, 0.5) is 10.2 Å². The van der Waals surface area contributed by atoms with Gasteiger partial charge < -0.3 is 9.74 Å². The predicted octanol–water partition coefficient (Wildman–Crippen LogP) is 2.82. The highest BCUT2D eigenvalue weighted by atomic mass is 19.1. The normalized spacial score (nSPS) is 17.6. The Morgan fingerprint density at radius 3 is 2.78 bits per heavy atom. The van der Waals surface area contributed by atoms with E-state index in [2.05, 4.69) is 15.4 Å². The van der Waals surface area contributed by atoms with E-state index in [0.717, 1.165) is 34.0 Å². The van der Waals surface area contributed by atoms with Crippen LogP contribution in [0.3, 0.4) is 0 Å². The largest absolute Gasteiger partial charge is 0.409 e. The molecule has 3 rings (SSSR count). The number of hydrogen-bond donors (Lipinski definition) is 1. The van der Waals surface area contributed by atoms with Crippen molar-refractivity contribution in [3.63, 3.8) is 0 Å². The molecule has 0 spiro atoms. The standard InChI is InChI=1S/C17H21FN4O/c1-11-8-14(23-19-3)4-5-15(11)16-12(2)20-10-21-17(16)22-7-6-13(18)9-22/h4-5,8,10,13,19H,6-7,9H2,1-3H3. The third kappa shape index (κ3) is 3.12. The average molecular weight is 316 g/mol. The monoisotopic (exact) mass is 316 g/mol. The molecule has 5 nitrogen and oxygen atoms in total. The molecule has 1 aliphatic heterocycles. The molecule has 0 amide bonds. The maximum absolute atomic E-state index is 13.6. The fraction of sp³-hybridized carbons (Fsp3) is 0.412. The molecule has 1 aliphatic rings. The maximum Gasteiger partial charge on any atom is 0.147 e. The number of aryl methyl sites for hydroxylation is 2. The van der Waals surface area contributed by atoms with Gasteiger partial charge in [-0.1, -0.05) is 6.07 Å². The molecule has 1 aromatic carbocycles.